The number of carboxylic acids is 3. The summed E-state index contributed by atoms with van der Waals surface area (Å²) < 4.78 is 0. The summed E-state index contributed by atoms with van der Waals surface area (Å²) in [5.41, 5.74) is 1.78. The van der Waals surface area contributed by atoms with E-state index < -0.39 is 17.9 Å². The van der Waals surface area contributed by atoms with E-state index >= 15 is 0 Å². The quantitative estimate of drug-likeness (QED) is 0.0415. The molecule has 6 heteroatoms. The fourth-order valence-electron chi connectivity index (χ4n) is 9.71. The molecule has 0 aromatic carbocycles. The van der Waals surface area contributed by atoms with Crippen LogP contribution in [0.15, 0.2) is 11.6 Å². The number of hydrogen-bond acceptors (Lipinski definition) is 3. The van der Waals surface area contributed by atoms with Gasteiger partial charge in [0.15, 0.2) is 0 Å². The highest BCUT2D eigenvalue weighted by Crippen LogP contribution is 2.42. The van der Waals surface area contributed by atoms with Crippen LogP contribution in [0.3, 0.4) is 0 Å². The molecule has 0 aliphatic carbocycles. The maximum absolute atomic E-state index is 11.2. The third-order valence-corrected chi connectivity index (χ3v) is 13.4. The Morgan fingerprint density at radius 1 is 0.350 bits per heavy atom. The van der Waals surface area contributed by atoms with Gasteiger partial charge in [-0.2, -0.15) is 0 Å². The molecule has 60 heavy (non-hydrogen) atoms. The normalized spacial score (nSPS) is 13.4. The Morgan fingerprint density at radius 3 is 1.03 bits per heavy atom. The van der Waals surface area contributed by atoms with Crippen molar-refractivity contribution in [3.05, 3.63) is 11.6 Å². The van der Waals surface area contributed by atoms with E-state index in [1.54, 1.807) is 5.57 Å². The second kappa shape index (κ2) is 45.2. The zero-order valence-corrected chi connectivity index (χ0v) is 40.3. The zero-order chi connectivity index (χ0) is 44.2. The summed E-state index contributed by atoms with van der Waals surface area (Å²) >= 11 is 0. The smallest absolute Gasteiger partial charge is 0.303 e. The van der Waals surface area contributed by atoms with Crippen LogP contribution in [0.25, 0.3) is 0 Å². The van der Waals surface area contributed by atoms with Crippen molar-refractivity contribution in [3.8, 4) is 0 Å². The van der Waals surface area contributed by atoms with Gasteiger partial charge < -0.3 is 15.3 Å². The summed E-state index contributed by atoms with van der Waals surface area (Å²) in [7, 11) is 0. The number of aliphatic carboxylic acids is 3. The zero-order valence-electron chi connectivity index (χ0n) is 40.3. The number of carbonyl (C=O) groups is 3. The van der Waals surface area contributed by atoms with Gasteiger partial charge in [0.1, 0.15) is 0 Å². The van der Waals surface area contributed by atoms with Crippen LogP contribution >= 0.6 is 0 Å². The molecule has 3 unspecified atom stereocenters. The highest BCUT2D eigenvalue weighted by molar-refractivity contribution is 5.67. The van der Waals surface area contributed by atoms with Crippen molar-refractivity contribution in [2.24, 2.45) is 17.8 Å². The first-order valence-corrected chi connectivity index (χ1v) is 26.6. The summed E-state index contributed by atoms with van der Waals surface area (Å²) in [5, 5.41) is 27.4. The lowest BCUT2D eigenvalue weighted by molar-refractivity contribution is -0.138. The fourth-order valence-corrected chi connectivity index (χ4v) is 9.71. The van der Waals surface area contributed by atoms with Crippen LogP contribution in [-0.4, -0.2) is 33.2 Å². The van der Waals surface area contributed by atoms with Gasteiger partial charge in [-0.1, -0.05) is 231 Å². The van der Waals surface area contributed by atoms with Gasteiger partial charge in [-0.15, -0.1) is 0 Å². The second-order valence-electron chi connectivity index (χ2n) is 18.9. The van der Waals surface area contributed by atoms with Crippen LogP contribution in [0.2, 0.25) is 0 Å². The largest absolute Gasteiger partial charge is 0.481 e. The Kier molecular flexibility index (Phi) is 43.8. The van der Waals surface area contributed by atoms with Crippen LogP contribution in [-0.2, 0) is 14.4 Å². The van der Waals surface area contributed by atoms with Crippen molar-refractivity contribution in [2.75, 3.05) is 0 Å². The Balaban J connectivity index is 6.50. The minimum absolute atomic E-state index is 0.289. The Labute approximate surface area is 372 Å². The van der Waals surface area contributed by atoms with E-state index in [2.05, 4.69) is 26.8 Å². The summed E-state index contributed by atoms with van der Waals surface area (Å²) in [5.74, 6) is 0.0657. The molecule has 3 N–H and O–H groups in total. The fraction of sp³-hybridized carbons (Fsp3) is 0.907. The molecule has 0 aromatic heterocycles. The van der Waals surface area contributed by atoms with Crippen molar-refractivity contribution >= 4 is 17.9 Å². The van der Waals surface area contributed by atoms with Gasteiger partial charge in [-0.05, 0) is 75.5 Å². The van der Waals surface area contributed by atoms with Gasteiger partial charge in [-0.3, -0.25) is 14.4 Å². The third kappa shape index (κ3) is 39.0. The van der Waals surface area contributed by atoms with Crippen molar-refractivity contribution in [2.45, 2.75) is 297 Å². The number of hydrogen-bond donors (Lipinski definition) is 3. The predicted molar refractivity (Wildman–Crippen MR) is 257 cm³/mol. The molecule has 0 saturated heterocycles. The van der Waals surface area contributed by atoms with Gasteiger partial charge in [0, 0.05) is 19.3 Å². The molecule has 0 aliphatic heterocycles. The topological polar surface area (TPSA) is 112 Å². The van der Waals surface area contributed by atoms with Gasteiger partial charge in [0.25, 0.3) is 0 Å². The first-order valence-electron chi connectivity index (χ1n) is 26.6. The summed E-state index contributed by atoms with van der Waals surface area (Å²) in [6, 6.07) is 0. The van der Waals surface area contributed by atoms with Crippen LogP contribution in [0.1, 0.15) is 297 Å². The third-order valence-electron chi connectivity index (χ3n) is 13.4. The second-order valence-corrected chi connectivity index (χ2v) is 18.9. The highest BCUT2D eigenvalue weighted by Gasteiger charge is 2.31. The van der Waals surface area contributed by atoms with Crippen molar-refractivity contribution in [1.29, 1.82) is 0 Å². The van der Waals surface area contributed by atoms with Gasteiger partial charge in [0.2, 0.25) is 0 Å². The summed E-state index contributed by atoms with van der Waals surface area (Å²) in [6.45, 7) is 6.92. The Bertz CT molecular complexity index is 991. The van der Waals surface area contributed by atoms with E-state index in [0.29, 0.717) is 24.7 Å². The Morgan fingerprint density at radius 2 is 0.650 bits per heavy atom. The average Bonchev–Trinajstić information content (AvgIpc) is 3.22. The number of allylic oxidation sites excluding steroid dienone is 2. The lowest BCUT2D eigenvalue weighted by Gasteiger charge is -2.37. The first-order chi connectivity index (χ1) is 29.3. The molecule has 0 amide bonds. The standard InChI is InChI=1S/C54H102O6/c1-4-7-10-13-21-30-39-48(41-32-23-16-18-27-36-45-52(55)56)50(43-34-25-15-12-9-6-3)51(44-35-26-20-29-38-47-54(59)60)49(40-31-22-14-11-8-5-2)42-33-24-17-19-28-37-46-53(57)58/h41,49-51H,4-40,42-47H2,1-3H3,(H,55,56)(H,57,58)(H,59,60). The lowest BCUT2D eigenvalue weighted by atomic mass is 9.68. The first kappa shape index (κ1) is 58.1. The highest BCUT2D eigenvalue weighted by atomic mass is 16.4. The van der Waals surface area contributed by atoms with E-state index in [-0.39, 0.29) is 6.42 Å². The minimum atomic E-state index is -0.677. The van der Waals surface area contributed by atoms with E-state index in [9.17, 15) is 19.5 Å². The number of unbranched alkanes of at least 4 members (excludes halogenated alkanes) is 29. The van der Waals surface area contributed by atoms with Gasteiger partial charge in [-0.25, -0.2) is 0 Å². The van der Waals surface area contributed by atoms with E-state index in [4.69, 9.17) is 10.2 Å². The molecule has 0 rings (SSSR count). The summed E-state index contributed by atoms with van der Waals surface area (Å²) in [6.07, 6.45) is 52.8. The predicted octanol–water partition coefficient (Wildman–Crippen LogP) is 17.8. The van der Waals surface area contributed by atoms with Crippen LogP contribution < -0.4 is 0 Å². The van der Waals surface area contributed by atoms with Crippen LogP contribution in [0.5, 0.6) is 0 Å². The molecule has 6 nitrogen and oxygen atoms in total. The molecule has 3 atom stereocenters. The molecule has 354 valence electrons. The van der Waals surface area contributed by atoms with Crippen molar-refractivity contribution in [3.63, 3.8) is 0 Å². The summed E-state index contributed by atoms with van der Waals surface area (Å²) in [4.78, 5) is 33.2. The van der Waals surface area contributed by atoms with Crippen molar-refractivity contribution in [1.82, 2.24) is 0 Å². The molecular weight excluding hydrogens is 745 g/mol. The monoisotopic (exact) mass is 847 g/mol. The lowest BCUT2D eigenvalue weighted by Crippen LogP contribution is -2.26. The molecular formula is C54H102O6. The molecule has 0 spiro atoms. The molecule has 0 radical (unpaired) electrons. The SMILES string of the molecule is CCCCCCCCC(=CCCCCCCCC(=O)O)C(CCCCCCCC)C(CCCCCCCC(=O)O)C(CCCCCCCC)CCCCCCCCC(=O)O. The van der Waals surface area contributed by atoms with E-state index in [1.807, 2.05) is 0 Å². The Hall–Kier alpha value is -1.85. The van der Waals surface area contributed by atoms with E-state index in [1.165, 1.54) is 193 Å². The minimum Gasteiger partial charge on any atom is -0.481 e. The maximum Gasteiger partial charge on any atom is 0.303 e. The van der Waals surface area contributed by atoms with Gasteiger partial charge >= 0.3 is 17.9 Å². The molecule has 0 saturated carbocycles. The molecule has 0 bridgehead atoms. The van der Waals surface area contributed by atoms with Crippen molar-refractivity contribution < 1.29 is 29.7 Å². The molecule has 0 aliphatic rings. The van der Waals surface area contributed by atoms with Gasteiger partial charge in [0.05, 0.1) is 0 Å². The number of carboxylic acid groups (broad SMARTS) is 3. The van der Waals surface area contributed by atoms with E-state index in [0.717, 1.165) is 70.1 Å². The molecule has 0 fully saturated rings. The number of rotatable bonds is 49. The van der Waals surface area contributed by atoms with Crippen LogP contribution in [0, 0.1) is 17.8 Å². The average molecular weight is 847 g/mol. The van der Waals surface area contributed by atoms with Crippen LogP contribution in [0.4, 0.5) is 0 Å². The molecule has 0 aromatic rings. The molecule has 0 heterocycles. The maximum atomic E-state index is 11.2.